The van der Waals surface area contributed by atoms with Gasteiger partial charge in [-0.2, -0.15) is 0 Å². The first-order valence-electron chi connectivity index (χ1n) is 13.0. The predicted molar refractivity (Wildman–Crippen MR) is 122 cm³/mol. The molecule has 4 unspecified atom stereocenters. The van der Waals surface area contributed by atoms with Gasteiger partial charge in [-0.25, -0.2) is 0 Å². The summed E-state index contributed by atoms with van der Waals surface area (Å²) in [5.74, 6) is 4.35. The van der Waals surface area contributed by atoms with Crippen LogP contribution in [-0.4, -0.2) is 5.11 Å². The number of phenolic OH excluding ortho intramolecular Hbond substituents is 1. The Labute approximate surface area is 183 Å². The number of hydrogen-bond acceptors (Lipinski definition) is 1. The smallest absolute Gasteiger partial charge is 0.123 e. The van der Waals surface area contributed by atoms with E-state index in [0.29, 0.717) is 10.8 Å². The fraction of sp³-hybridized carbons (Fsp3) is 0.793. The van der Waals surface area contributed by atoms with E-state index in [1.54, 1.807) is 0 Å². The maximum absolute atomic E-state index is 12.0. The molecular formula is C29H40O. The second-order valence-electron chi connectivity index (χ2n) is 14.3. The molecule has 0 amide bonds. The van der Waals surface area contributed by atoms with E-state index in [9.17, 15) is 5.11 Å². The summed E-state index contributed by atoms with van der Waals surface area (Å²) in [6, 6.07) is 4.83. The predicted octanol–water partition coefficient (Wildman–Crippen LogP) is 7.42. The van der Waals surface area contributed by atoms with E-state index in [1.165, 1.54) is 93.7 Å². The van der Waals surface area contributed by atoms with Crippen molar-refractivity contribution in [1.29, 1.82) is 0 Å². The number of benzene rings is 1. The van der Waals surface area contributed by atoms with Gasteiger partial charge in [0.2, 0.25) is 0 Å². The molecule has 1 aromatic rings. The average molecular weight is 405 g/mol. The molecule has 30 heavy (non-hydrogen) atoms. The lowest BCUT2D eigenvalue weighted by atomic mass is 9.42. The van der Waals surface area contributed by atoms with Gasteiger partial charge in [-0.1, -0.05) is 31.5 Å². The first-order chi connectivity index (χ1) is 14.2. The molecule has 0 saturated heterocycles. The lowest BCUT2D eigenvalue weighted by molar-refractivity contribution is -0.0653. The second kappa shape index (κ2) is 5.49. The Bertz CT molecular complexity index is 825. The van der Waals surface area contributed by atoms with E-state index in [2.05, 4.69) is 32.9 Å². The first kappa shape index (κ1) is 18.6. The van der Waals surface area contributed by atoms with E-state index in [-0.39, 0.29) is 10.8 Å². The number of hydrogen-bond donors (Lipinski definition) is 1. The van der Waals surface area contributed by atoms with Crippen molar-refractivity contribution in [3.05, 3.63) is 28.8 Å². The summed E-state index contributed by atoms with van der Waals surface area (Å²) >= 11 is 0. The number of rotatable bonds is 2. The van der Waals surface area contributed by atoms with Crippen LogP contribution in [0.25, 0.3) is 0 Å². The summed E-state index contributed by atoms with van der Waals surface area (Å²) in [7, 11) is 0. The molecule has 1 aromatic carbocycles. The van der Waals surface area contributed by atoms with Crippen molar-refractivity contribution < 1.29 is 5.11 Å². The minimum Gasteiger partial charge on any atom is -0.507 e. The molecule has 0 heterocycles. The maximum Gasteiger partial charge on any atom is 0.123 e. The van der Waals surface area contributed by atoms with Crippen molar-refractivity contribution in [2.24, 2.45) is 34.5 Å². The van der Waals surface area contributed by atoms with Crippen molar-refractivity contribution in [3.63, 3.8) is 0 Å². The van der Waals surface area contributed by atoms with Crippen molar-refractivity contribution in [3.8, 4) is 5.75 Å². The molecule has 0 radical (unpaired) electrons. The molecule has 8 saturated carbocycles. The van der Waals surface area contributed by atoms with Gasteiger partial charge in [-0.15, -0.1) is 0 Å². The summed E-state index contributed by atoms with van der Waals surface area (Å²) in [6.45, 7) is 7.43. The van der Waals surface area contributed by atoms with Gasteiger partial charge < -0.3 is 5.11 Å². The van der Waals surface area contributed by atoms with Crippen LogP contribution in [0.5, 0.6) is 5.75 Å². The molecule has 1 nitrogen and oxygen atoms in total. The zero-order chi connectivity index (χ0) is 20.5. The molecule has 162 valence electrons. The van der Waals surface area contributed by atoms with E-state index < -0.39 is 0 Å². The van der Waals surface area contributed by atoms with Gasteiger partial charge in [0, 0.05) is 22.0 Å². The Hall–Kier alpha value is -0.980. The van der Waals surface area contributed by atoms with Crippen LogP contribution in [0.2, 0.25) is 0 Å². The summed E-state index contributed by atoms with van der Waals surface area (Å²) in [5, 5.41) is 12.0. The molecule has 0 spiro atoms. The van der Waals surface area contributed by atoms with Crippen LogP contribution in [0.3, 0.4) is 0 Å². The Morgan fingerprint density at radius 1 is 0.667 bits per heavy atom. The van der Waals surface area contributed by atoms with Gasteiger partial charge in [0.1, 0.15) is 5.75 Å². The quantitative estimate of drug-likeness (QED) is 0.544. The molecule has 1 heteroatoms. The van der Waals surface area contributed by atoms with Crippen molar-refractivity contribution in [2.75, 3.05) is 0 Å². The van der Waals surface area contributed by atoms with Crippen LogP contribution in [0.15, 0.2) is 12.1 Å². The third-order valence-electron chi connectivity index (χ3n) is 11.1. The standard InChI is InChI=1S/C29H40O/c1-18-4-23(28-12-19-6-20(13-28)9-26(2,8-19)16-28)25(30)24(5-18)29-14-21-7-22(15-29)11-27(3,10-21)17-29/h4-5,19-22,30H,6-17H2,1-3H3. The van der Waals surface area contributed by atoms with Crippen LogP contribution < -0.4 is 0 Å². The van der Waals surface area contributed by atoms with E-state index in [4.69, 9.17) is 0 Å². The zero-order valence-electron chi connectivity index (χ0n) is 19.4. The minimum absolute atomic E-state index is 0.260. The van der Waals surface area contributed by atoms with Crippen molar-refractivity contribution >= 4 is 0 Å². The normalized spacial score (nSPS) is 52.9. The van der Waals surface area contributed by atoms with Crippen LogP contribution in [-0.2, 0) is 10.8 Å². The highest BCUT2D eigenvalue weighted by Crippen LogP contribution is 2.69. The van der Waals surface area contributed by atoms with Crippen molar-refractivity contribution in [2.45, 2.75) is 109 Å². The minimum atomic E-state index is 0.260. The molecule has 8 aliphatic carbocycles. The number of aromatic hydroxyl groups is 1. The fourth-order valence-corrected chi connectivity index (χ4v) is 11.7. The van der Waals surface area contributed by atoms with Crippen LogP contribution in [0, 0.1) is 41.4 Å². The van der Waals surface area contributed by atoms with Gasteiger partial charge in [-0.05, 0) is 118 Å². The zero-order valence-corrected chi connectivity index (χ0v) is 19.4. The maximum atomic E-state index is 12.0. The molecular weight excluding hydrogens is 364 g/mol. The Kier molecular flexibility index (Phi) is 3.40. The molecule has 9 rings (SSSR count). The lowest BCUT2D eigenvalue weighted by Gasteiger charge is -2.63. The molecule has 1 N–H and O–H groups in total. The Balaban J connectivity index is 1.37. The fourth-order valence-electron chi connectivity index (χ4n) is 11.7. The van der Waals surface area contributed by atoms with E-state index >= 15 is 0 Å². The first-order valence-corrected chi connectivity index (χ1v) is 13.0. The van der Waals surface area contributed by atoms with Crippen LogP contribution in [0.4, 0.5) is 0 Å². The Morgan fingerprint density at radius 2 is 1.03 bits per heavy atom. The molecule has 8 aliphatic rings. The van der Waals surface area contributed by atoms with Gasteiger partial charge in [-0.3, -0.25) is 0 Å². The average Bonchev–Trinajstić information content (AvgIpc) is 2.59. The van der Waals surface area contributed by atoms with Gasteiger partial charge in [0.15, 0.2) is 0 Å². The third-order valence-corrected chi connectivity index (χ3v) is 11.1. The lowest BCUT2D eigenvalue weighted by Crippen LogP contribution is -2.54. The second-order valence-corrected chi connectivity index (χ2v) is 14.3. The summed E-state index contributed by atoms with van der Waals surface area (Å²) in [5.41, 5.74) is 5.71. The van der Waals surface area contributed by atoms with Gasteiger partial charge >= 0.3 is 0 Å². The van der Waals surface area contributed by atoms with Crippen molar-refractivity contribution in [1.82, 2.24) is 0 Å². The summed E-state index contributed by atoms with van der Waals surface area (Å²) in [6.07, 6.45) is 16.7. The van der Waals surface area contributed by atoms with Crippen LogP contribution in [0.1, 0.15) is 108 Å². The summed E-state index contributed by atoms with van der Waals surface area (Å²) < 4.78 is 0. The SMILES string of the molecule is Cc1cc(C23CC4CC(CC(C)(C4)C2)C3)c(O)c(C23CC4CC(CC(C)(C4)C2)C3)c1. The molecule has 8 bridgehead atoms. The number of phenols is 1. The van der Waals surface area contributed by atoms with Crippen LogP contribution >= 0.6 is 0 Å². The Morgan fingerprint density at radius 3 is 1.37 bits per heavy atom. The highest BCUT2D eigenvalue weighted by molar-refractivity contribution is 5.53. The highest BCUT2D eigenvalue weighted by atomic mass is 16.3. The molecule has 4 atom stereocenters. The molecule has 0 aromatic heterocycles. The molecule has 8 fully saturated rings. The highest BCUT2D eigenvalue weighted by Gasteiger charge is 2.59. The summed E-state index contributed by atoms with van der Waals surface area (Å²) in [4.78, 5) is 0. The number of aryl methyl sites for hydroxylation is 1. The third kappa shape index (κ3) is 2.42. The van der Waals surface area contributed by atoms with Gasteiger partial charge in [0.25, 0.3) is 0 Å². The van der Waals surface area contributed by atoms with Gasteiger partial charge in [0.05, 0.1) is 0 Å². The monoisotopic (exact) mass is 404 g/mol. The topological polar surface area (TPSA) is 20.2 Å². The van der Waals surface area contributed by atoms with E-state index in [0.717, 1.165) is 29.4 Å². The largest absolute Gasteiger partial charge is 0.507 e. The van der Waals surface area contributed by atoms with E-state index in [1.807, 2.05) is 0 Å². The molecule has 0 aliphatic heterocycles.